The first-order valence-corrected chi connectivity index (χ1v) is 7.44. The van der Waals surface area contributed by atoms with Gasteiger partial charge >= 0.3 is 0 Å². The fraction of sp³-hybridized carbons (Fsp3) is 0.368. The van der Waals surface area contributed by atoms with E-state index in [0.29, 0.717) is 0 Å². The van der Waals surface area contributed by atoms with E-state index >= 15 is 0 Å². The van der Waals surface area contributed by atoms with E-state index in [0.717, 1.165) is 18.4 Å². The van der Waals surface area contributed by atoms with E-state index in [1.807, 2.05) is 6.07 Å². The minimum absolute atomic E-state index is 0.0819. The molecule has 1 unspecified atom stereocenters. The SMILES string of the molecule is Cc1cc(C)cc(C(O)C2(c3ccccc3)CCC2)c1. The second-order valence-electron chi connectivity index (χ2n) is 6.20. The number of benzene rings is 2. The highest BCUT2D eigenvalue weighted by Crippen LogP contribution is 2.52. The highest BCUT2D eigenvalue weighted by atomic mass is 16.3. The molecule has 0 spiro atoms. The third-order valence-corrected chi connectivity index (χ3v) is 4.68. The molecule has 0 radical (unpaired) electrons. The minimum Gasteiger partial charge on any atom is -0.387 e. The van der Waals surface area contributed by atoms with Crippen LogP contribution in [0.25, 0.3) is 0 Å². The lowest BCUT2D eigenvalue weighted by Crippen LogP contribution is -2.40. The van der Waals surface area contributed by atoms with Gasteiger partial charge in [0, 0.05) is 5.41 Å². The molecule has 104 valence electrons. The fourth-order valence-electron chi connectivity index (χ4n) is 3.53. The van der Waals surface area contributed by atoms with E-state index in [4.69, 9.17) is 0 Å². The molecule has 20 heavy (non-hydrogen) atoms. The topological polar surface area (TPSA) is 20.2 Å². The number of aryl methyl sites for hydroxylation is 2. The van der Waals surface area contributed by atoms with E-state index < -0.39 is 6.10 Å². The molecule has 3 rings (SSSR count). The van der Waals surface area contributed by atoms with Gasteiger partial charge in [0.2, 0.25) is 0 Å². The Kier molecular flexibility index (Phi) is 3.39. The van der Waals surface area contributed by atoms with E-state index in [2.05, 4.69) is 56.3 Å². The van der Waals surface area contributed by atoms with Gasteiger partial charge in [-0.2, -0.15) is 0 Å². The molecule has 0 bridgehead atoms. The predicted octanol–water partition coefficient (Wildman–Crippen LogP) is 4.46. The number of aliphatic hydroxyl groups excluding tert-OH is 1. The van der Waals surface area contributed by atoms with Crippen molar-refractivity contribution in [3.05, 3.63) is 70.8 Å². The quantitative estimate of drug-likeness (QED) is 0.869. The number of rotatable bonds is 3. The molecule has 1 saturated carbocycles. The van der Waals surface area contributed by atoms with Crippen LogP contribution in [0.3, 0.4) is 0 Å². The van der Waals surface area contributed by atoms with Crippen LogP contribution in [0.4, 0.5) is 0 Å². The van der Waals surface area contributed by atoms with Crippen molar-refractivity contribution in [2.45, 2.75) is 44.6 Å². The summed E-state index contributed by atoms with van der Waals surface area (Å²) in [5.41, 5.74) is 4.70. The summed E-state index contributed by atoms with van der Waals surface area (Å²) in [5.74, 6) is 0. The average Bonchev–Trinajstić information content (AvgIpc) is 2.37. The Balaban J connectivity index is 2.01. The van der Waals surface area contributed by atoms with Crippen molar-refractivity contribution in [1.29, 1.82) is 0 Å². The predicted molar refractivity (Wildman–Crippen MR) is 82.8 cm³/mol. The second kappa shape index (κ2) is 5.06. The van der Waals surface area contributed by atoms with Crippen molar-refractivity contribution in [2.75, 3.05) is 0 Å². The van der Waals surface area contributed by atoms with Crippen LogP contribution in [0.1, 0.15) is 47.6 Å². The van der Waals surface area contributed by atoms with Crippen LogP contribution in [0.2, 0.25) is 0 Å². The van der Waals surface area contributed by atoms with Gasteiger partial charge in [-0.25, -0.2) is 0 Å². The molecule has 1 fully saturated rings. The highest BCUT2D eigenvalue weighted by molar-refractivity contribution is 5.37. The third kappa shape index (κ3) is 2.16. The van der Waals surface area contributed by atoms with Crippen LogP contribution in [0.5, 0.6) is 0 Å². The van der Waals surface area contributed by atoms with Gasteiger partial charge in [-0.1, -0.05) is 66.1 Å². The van der Waals surface area contributed by atoms with Crippen LogP contribution in [-0.4, -0.2) is 5.11 Å². The molecule has 1 aliphatic carbocycles. The lowest BCUT2D eigenvalue weighted by molar-refractivity contribution is 0.0267. The molecule has 2 aromatic rings. The van der Waals surface area contributed by atoms with Crippen LogP contribution >= 0.6 is 0 Å². The third-order valence-electron chi connectivity index (χ3n) is 4.68. The molecule has 2 aromatic carbocycles. The van der Waals surface area contributed by atoms with Crippen molar-refractivity contribution in [3.63, 3.8) is 0 Å². The Morgan fingerprint density at radius 3 is 2.05 bits per heavy atom. The maximum atomic E-state index is 11.0. The molecule has 0 aliphatic heterocycles. The average molecular weight is 266 g/mol. The molecule has 1 aliphatic rings. The Bertz CT molecular complexity index is 576. The largest absolute Gasteiger partial charge is 0.387 e. The van der Waals surface area contributed by atoms with Crippen molar-refractivity contribution in [3.8, 4) is 0 Å². The molecule has 1 atom stereocenters. The maximum absolute atomic E-state index is 11.0. The van der Waals surface area contributed by atoms with Crippen LogP contribution < -0.4 is 0 Å². The highest BCUT2D eigenvalue weighted by Gasteiger charge is 2.45. The first-order valence-electron chi connectivity index (χ1n) is 7.44. The fourth-order valence-corrected chi connectivity index (χ4v) is 3.53. The van der Waals surface area contributed by atoms with Gasteiger partial charge < -0.3 is 5.11 Å². The smallest absolute Gasteiger partial charge is 0.0886 e. The molecule has 1 heteroatoms. The molecule has 0 heterocycles. The zero-order chi connectivity index (χ0) is 14.2. The number of hydrogen-bond donors (Lipinski definition) is 1. The van der Waals surface area contributed by atoms with Gasteiger partial charge in [-0.15, -0.1) is 0 Å². The first kappa shape index (κ1) is 13.4. The first-order chi connectivity index (χ1) is 9.62. The van der Waals surface area contributed by atoms with Crippen molar-refractivity contribution < 1.29 is 5.11 Å². The summed E-state index contributed by atoms with van der Waals surface area (Å²) in [4.78, 5) is 0. The van der Waals surface area contributed by atoms with Gasteiger partial charge in [0.15, 0.2) is 0 Å². The summed E-state index contributed by atoms with van der Waals surface area (Å²) in [6.07, 6.45) is 2.95. The molecule has 0 amide bonds. The van der Waals surface area contributed by atoms with E-state index in [1.54, 1.807) is 0 Å². The van der Waals surface area contributed by atoms with Crippen molar-refractivity contribution in [1.82, 2.24) is 0 Å². The number of aliphatic hydroxyl groups is 1. The van der Waals surface area contributed by atoms with Crippen LogP contribution in [-0.2, 0) is 5.41 Å². The van der Waals surface area contributed by atoms with Gasteiger partial charge in [0.1, 0.15) is 0 Å². The zero-order valence-corrected chi connectivity index (χ0v) is 12.3. The van der Waals surface area contributed by atoms with Gasteiger partial charge in [-0.05, 0) is 37.8 Å². The van der Waals surface area contributed by atoms with Crippen LogP contribution in [0.15, 0.2) is 48.5 Å². The summed E-state index contributed by atoms with van der Waals surface area (Å²) in [7, 11) is 0. The Hall–Kier alpha value is -1.60. The maximum Gasteiger partial charge on any atom is 0.0886 e. The number of hydrogen-bond acceptors (Lipinski definition) is 1. The Morgan fingerprint density at radius 1 is 0.950 bits per heavy atom. The minimum atomic E-state index is -0.405. The van der Waals surface area contributed by atoms with Crippen molar-refractivity contribution in [2.24, 2.45) is 0 Å². The lowest BCUT2D eigenvalue weighted by atomic mass is 9.60. The zero-order valence-electron chi connectivity index (χ0n) is 12.3. The molecular weight excluding hydrogens is 244 g/mol. The molecular formula is C19H22O. The molecule has 1 N–H and O–H groups in total. The summed E-state index contributed by atoms with van der Waals surface area (Å²) >= 11 is 0. The van der Waals surface area contributed by atoms with Gasteiger partial charge in [0.25, 0.3) is 0 Å². The lowest BCUT2D eigenvalue weighted by Gasteiger charge is -2.46. The standard InChI is InChI=1S/C19H22O/c1-14-11-15(2)13-16(12-14)18(20)19(9-6-10-19)17-7-4-3-5-8-17/h3-5,7-8,11-13,18,20H,6,9-10H2,1-2H3. The van der Waals surface area contributed by atoms with Gasteiger partial charge in [0.05, 0.1) is 6.10 Å². The van der Waals surface area contributed by atoms with Crippen molar-refractivity contribution >= 4 is 0 Å². The van der Waals surface area contributed by atoms with Crippen LogP contribution in [0, 0.1) is 13.8 Å². The molecule has 1 nitrogen and oxygen atoms in total. The van der Waals surface area contributed by atoms with E-state index in [9.17, 15) is 5.11 Å². The van der Waals surface area contributed by atoms with E-state index in [1.165, 1.54) is 23.1 Å². The Morgan fingerprint density at radius 2 is 1.55 bits per heavy atom. The summed E-state index contributed by atoms with van der Waals surface area (Å²) < 4.78 is 0. The summed E-state index contributed by atoms with van der Waals surface area (Å²) in [6, 6.07) is 16.9. The van der Waals surface area contributed by atoms with Gasteiger partial charge in [-0.3, -0.25) is 0 Å². The molecule has 0 aromatic heterocycles. The molecule has 0 saturated heterocycles. The monoisotopic (exact) mass is 266 g/mol. The summed E-state index contributed by atoms with van der Waals surface area (Å²) in [5, 5.41) is 11.0. The summed E-state index contributed by atoms with van der Waals surface area (Å²) in [6.45, 7) is 4.19. The second-order valence-corrected chi connectivity index (χ2v) is 6.20. The van der Waals surface area contributed by atoms with E-state index in [-0.39, 0.29) is 5.41 Å². The normalized spacial score (nSPS) is 18.4. The Labute approximate surface area is 121 Å².